The zero-order chi connectivity index (χ0) is 28.1. The van der Waals surface area contributed by atoms with Crippen LogP contribution < -0.4 is 18.9 Å². The van der Waals surface area contributed by atoms with Gasteiger partial charge in [0.05, 0.1) is 34.5 Å². The molecule has 3 atom stereocenters. The maximum atomic E-state index is 13.9. The topological polar surface area (TPSA) is 92.7 Å². The molecule has 1 aliphatic carbocycles. The van der Waals surface area contributed by atoms with E-state index in [1.54, 1.807) is 21.3 Å². The van der Waals surface area contributed by atoms with Crippen LogP contribution in [0.2, 0.25) is 0 Å². The van der Waals surface area contributed by atoms with Crippen molar-refractivity contribution in [3.05, 3.63) is 58.8 Å². The quantitative estimate of drug-likeness (QED) is 0.364. The van der Waals surface area contributed by atoms with Crippen molar-refractivity contribution in [3.8, 4) is 23.0 Å². The summed E-state index contributed by atoms with van der Waals surface area (Å²) < 4.78 is 27.8. The van der Waals surface area contributed by atoms with E-state index in [9.17, 15) is 9.59 Å². The molecule has 0 bridgehead atoms. The highest BCUT2D eigenvalue weighted by Crippen LogP contribution is 2.48. The van der Waals surface area contributed by atoms with Gasteiger partial charge in [-0.3, -0.25) is 14.6 Å². The Morgan fingerprint density at radius 2 is 1.54 bits per heavy atom. The van der Waals surface area contributed by atoms with Crippen molar-refractivity contribution in [2.24, 2.45) is 10.9 Å². The molecule has 2 aromatic carbocycles. The Labute approximate surface area is 230 Å². The molecule has 1 aliphatic heterocycles. The summed E-state index contributed by atoms with van der Waals surface area (Å²) >= 11 is 0. The maximum Gasteiger partial charge on any atom is 0.315 e. The van der Waals surface area contributed by atoms with E-state index in [2.05, 4.69) is 0 Å². The molecular formula is C31H37NO7. The number of methoxy groups -OCH3 is 3. The first-order valence-electron chi connectivity index (χ1n) is 13.4. The SMILES string of the molecule is CCCOC(=O)C1C(C)=NC2=C(C(=O)C[C@H](c3ccc(OC)c(OC)c3)C2)[C@H]1c1ccc(OCC)c(OC)c1. The van der Waals surface area contributed by atoms with Gasteiger partial charge in [0.25, 0.3) is 0 Å². The van der Waals surface area contributed by atoms with Crippen molar-refractivity contribution in [2.75, 3.05) is 34.5 Å². The molecule has 208 valence electrons. The largest absolute Gasteiger partial charge is 0.493 e. The first-order valence-corrected chi connectivity index (χ1v) is 13.4. The zero-order valence-electron chi connectivity index (χ0n) is 23.5. The average molecular weight is 536 g/mol. The maximum absolute atomic E-state index is 13.9. The summed E-state index contributed by atoms with van der Waals surface area (Å²) in [5, 5.41) is 0. The second-order valence-electron chi connectivity index (χ2n) is 9.72. The number of hydrogen-bond acceptors (Lipinski definition) is 8. The molecule has 8 nitrogen and oxygen atoms in total. The van der Waals surface area contributed by atoms with Crippen molar-refractivity contribution < 1.29 is 33.3 Å². The van der Waals surface area contributed by atoms with Crippen LogP contribution in [0.3, 0.4) is 0 Å². The molecule has 1 heterocycles. The van der Waals surface area contributed by atoms with Crippen molar-refractivity contribution in [3.63, 3.8) is 0 Å². The number of aliphatic imine (C=N–C) groups is 1. The molecular weight excluding hydrogens is 498 g/mol. The Morgan fingerprint density at radius 3 is 2.21 bits per heavy atom. The lowest BCUT2D eigenvalue weighted by atomic mass is 9.69. The number of Topliss-reactive ketones (excluding diaryl/α,β-unsaturated/α-hetero) is 1. The summed E-state index contributed by atoms with van der Waals surface area (Å²) in [5.74, 6) is 0.667. The lowest BCUT2D eigenvalue weighted by Crippen LogP contribution is -2.38. The zero-order valence-corrected chi connectivity index (χ0v) is 23.5. The predicted octanol–water partition coefficient (Wildman–Crippen LogP) is 5.64. The van der Waals surface area contributed by atoms with Gasteiger partial charge in [-0.25, -0.2) is 0 Å². The van der Waals surface area contributed by atoms with Crippen molar-refractivity contribution in [2.45, 2.75) is 51.9 Å². The summed E-state index contributed by atoms with van der Waals surface area (Å²) in [4.78, 5) is 32.1. The standard InChI is InChI=1S/C31H37NO7/c1-7-13-39-31(34)28-18(3)32-22-14-21(19-9-11-24(35-4)26(16-19)36-5)15-23(33)30(22)29(28)20-10-12-25(38-8-2)27(17-20)37-6/h9-12,16-17,21,28-29H,7-8,13-15H2,1-6H3/t21-,28?,29+/m1/s1. The Bertz CT molecular complexity index is 1300. The number of allylic oxidation sites excluding steroid dienone is 2. The fourth-order valence-electron chi connectivity index (χ4n) is 5.51. The van der Waals surface area contributed by atoms with Crippen LogP contribution in [0.1, 0.15) is 63.0 Å². The Kier molecular flexibility index (Phi) is 8.94. The third kappa shape index (κ3) is 5.65. The molecule has 2 aromatic rings. The van der Waals surface area contributed by atoms with Crippen LogP contribution in [0, 0.1) is 5.92 Å². The number of ether oxygens (including phenoxy) is 5. The van der Waals surface area contributed by atoms with Crippen molar-refractivity contribution in [1.29, 1.82) is 0 Å². The third-order valence-corrected chi connectivity index (χ3v) is 7.32. The first kappa shape index (κ1) is 28.2. The van der Waals surface area contributed by atoms with Crippen molar-refractivity contribution in [1.82, 2.24) is 0 Å². The summed E-state index contributed by atoms with van der Waals surface area (Å²) in [6.45, 7) is 6.49. The summed E-state index contributed by atoms with van der Waals surface area (Å²) in [6, 6.07) is 11.3. The molecule has 0 amide bonds. The van der Waals surface area contributed by atoms with Crippen LogP contribution in [0.15, 0.2) is 52.7 Å². The molecule has 0 spiro atoms. The van der Waals surface area contributed by atoms with Crippen LogP contribution in [0.5, 0.6) is 23.0 Å². The van der Waals surface area contributed by atoms with Gasteiger partial charge in [0.15, 0.2) is 28.8 Å². The Balaban J connectivity index is 1.79. The fraction of sp³-hybridized carbons (Fsp3) is 0.452. The lowest BCUT2D eigenvalue weighted by molar-refractivity contribution is -0.146. The minimum atomic E-state index is -0.709. The first-order chi connectivity index (χ1) is 18.9. The number of nitrogens with zero attached hydrogens (tertiary/aromatic N) is 1. The minimum absolute atomic E-state index is 0.0292. The lowest BCUT2D eigenvalue weighted by Gasteiger charge is -2.36. The van der Waals surface area contributed by atoms with Crippen LogP contribution in [0.4, 0.5) is 0 Å². The molecule has 1 unspecified atom stereocenters. The highest BCUT2D eigenvalue weighted by atomic mass is 16.5. The number of esters is 1. The predicted molar refractivity (Wildman–Crippen MR) is 148 cm³/mol. The molecule has 0 fully saturated rings. The van der Waals surface area contributed by atoms with Gasteiger partial charge in [0, 0.05) is 29.3 Å². The number of carbonyl (C=O) groups is 2. The van der Waals surface area contributed by atoms with Crippen LogP contribution in [-0.2, 0) is 14.3 Å². The van der Waals surface area contributed by atoms with E-state index in [1.807, 2.05) is 57.2 Å². The van der Waals surface area contributed by atoms with Crippen LogP contribution in [-0.4, -0.2) is 52.0 Å². The second-order valence-corrected chi connectivity index (χ2v) is 9.72. The minimum Gasteiger partial charge on any atom is -0.493 e. The molecule has 0 saturated heterocycles. The molecule has 0 N–H and O–H groups in total. The van der Waals surface area contributed by atoms with E-state index in [0.29, 0.717) is 72.5 Å². The number of ketones is 1. The van der Waals surface area contributed by atoms with Crippen LogP contribution in [0.25, 0.3) is 0 Å². The van der Waals surface area contributed by atoms with Gasteiger partial charge >= 0.3 is 5.97 Å². The van der Waals surface area contributed by atoms with E-state index in [1.165, 1.54) is 0 Å². The number of benzene rings is 2. The van der Waals surface area contributed by atoms with Gasteiger partial charge in [-0.1, -0.05) is 19.1 Å². The molecule has 0 radical (unpaired) electrons. The molecule has 0 aromatic heterocycles. The fourth-order valence-corrected chi connectivity index (χ4v) is 5.51. The monoisotopic (exact) mass is 535 g/mol. The average Bonchev–Trinajstić information content (AvgIpc) is 2.94. The third-order valence-electron chi connectivity index (χ3n) is 7.32. The summed E-state index contributed by atoms with van der Waals surface area (Å²) in [5.41, 5.74) is 3.67. The molecule has 8 heteroatoms. The van der Waals surface area contributed by atoms with Gasteiger partial charge in [-0.2, -0.15) is 0 Å². The van der Waals surface area contributed by atoms with Gasteiger partial charge in [0.1, 0.15) is 5.92 Å². The second kappa shape index (κ2) is 12.4. The van der Waals surface area contributed by atoms with Gasteiger partial charge < -0.3 is 23.7 Å². The number of hydrogen-bond donors (Lipinski definition) is 0. The number of rotatable bonds is 10. The van der Waals surface area contributed by atoms with E-state index >= 15 is 0 Å². The Hall–Kier alpha value is -3.81. The normalized spacial score (nSPS) is 20.6. The van der Waals surface area contributed by atoms with Crippen LogP contribution >= 0.6 is 0 Å². The van der Waals surface area contributed by atoms with E-state index in [-0.39, 0.29) is 17.7 Å². The van der Waals surface area contributed by atoms with Gasteiger partial charge in [-0.05, 0) is 68.0 Å². The highest BCUT2D eigenvalue weighted by molar-refractivity contribution is 6.09. The van der Waals surface area contributed by atoms with E-state index in [4.69, 9.17) is 28.7 Å². The molecule has 2 aliphatic rings. The highest BCUT2D eigenvalue weighted by Gasteiger charge is 2.45. The van der Waals surface area contributed by atoms with Crippen molar-refractivity contribution >= 4 is 17.5 Å². The molecule has 39 heavy (non-hydrogen) atoms. The Morgan fingerprint density at radius 1 is 0.897 bits per heavy atom. The van der Waals surface area contributed by atoms with Gasteiger partial charge in [0.2, 0.25) is 0 Å². The van der Waals surface area contributed by atoms with E-state index < -0.39 is 11.8 Å². The number of carbonyl (C=O) groups excluding carboxylic acids is 2. The molecule has 0 saturated carbocycles. The molecule has 4 rings (SSSR count). The van der Waals surface area contributed by atoms with E-state index in [0.717, 1.165) is 11.1 Å². The van der Waals surface area contributed by atoms with Gasteiger partial charge in [-0.15, -0.1) is 0 Å². The summed E-state index contributed by atoms with van der Waals surface area (Å²) in [6.07, 6.45) is 1.57. The summed E-state index contributed by atoms with van der Waals surface area (Å²) in [7, 11) is 4.76. The smallest absolute Gasteiger partial charge is 0.315 e.